The van der Waals surface area contributed by atoms with E-state index < -0.39 is 0 Å². The normalized spacial score (nSPS) is 26.4. The van der Waals surface area contributed by atoms with Crippen LogP contribution in [-0.2, 0) is 11.4 Å². The van der Waals surface area contributed by atoms with Crippen LogP contribution in [0.2, 0.25) is 0 Å². The molecule has 0 aromatic heterocycles. The van der Waals surface area contributed by atoms with E-state index in [4.69, 9.17) is 4.84 Å². The highest BCUT2D eigenvalue weighted by molar-refractivity contribution is 5.25. The van der Waals surface area contributed by atoms with Gasteiger partial charge in [-0.05, 0) is 24.0 Å². The lowest BCUT2D eigenvalue weighted by atomic mass is 9.88. The largest absolute Gasteiger partial charge is 0.396 e. The van der Waals surface area contributed by atoms with E-state index >= 15 is 0 Å². The number of hydrogen-bond donors (Lipinski definition) is 1. The maximum Gasteiger partial charge on any atom is 0.0971 e. The van der Waals surface area contributed by atoms with Crippen molar-refractivity contribution in [3.63, 3.8) is 0 Å². The van der Waals surface area contributed by atoms with Crippen molar-refractivity contribution in [3.05, 3.63) is 71.8 Å². The Balaban J connectivity index is 1.66. The standard InChI is InChI=1S/C19H21NO2/c21-14-17-18(16-9-5-2-6-10-16)20(22-19(17)11-12-19)13-15-7-3-1-4-8-15/h1-10,17-18,21H,11-14H2/t17-,18+/m0/s1. The third-order valence-electron chi connectivity index (χ3n) is 4.93. The van der Waals surface area contributed by atoms with E-state index in [1.165, 1.54) is 11.1 Å². The van der Waals surface area contributed by atoms with Crippen LogP contribution < -0.4 is 0 Å². The summed E-state index contributed by atoms with van der Waals surface area (Å²) in [7, 11) is 0. The third-order valence-corrected chi connectivity index (χ3v) is 4.93. The fourth-order valence-electron chi connectivity index (χ4n) is 3.64. The number of rotatable bonds is 4. The summed E-state index contributed by atoms with van der Waals surface area (Å²) in [5, 5.41) is 12.0. The molecule has 1 aliphatic heterocycles. The number of benzene rings is 2. The van der Waals surface area contributed by atoms with E-state index in [1.54, 1.807) is 0 Å². The summed E-state index contributed by atoms with van der Waals surface area (Å²) in [5.41, 5.74) is 2.32. The Morgan fingerprint density at radius 1 is 1.00 bits per heavy atom. The Kier molecular flexibility index (Phi) is 3.49. The van der Waals surface area contributed by atoms with Gasteiger partial charge in [0.1, 0.15) is 0 Å². The minimum Gasteiger partial charge on any atom is -0.396 e. The van der Waals surface area contributed by atoms with E-state index in [9.17, 15) is 5.11 Å². The van der Waals surface area contributed by atoms with Crippen molar-refractivity contribution in [3.8, 4) is 0 Å². The molecule has 1 spiro atoms. The fourth-order valence-corrected chi connectivity index (χ4v) is 3.64. The van der Waals surface area contributed by atoms with Crippen molar-refractivity contribution in [2.24, 2.45) is 5.92 Å². The molecule has 1 heterocycles. The highest BCUT2D eigenvalue weighted by Crippen LogP contribution is 2.58. The highest BCUT2D eigenvalue weighted by atomic mass is 16.7. The van der Waals surface area contributed by atoms with Gasteiger partial charge < -0.3 is 5.11 Å². The summed E-state index contributed by atoms with van der Waals surface area (Å²) in [6.45, 7) is 0.920. The number of aliphatic hydroxyl groups excluding tert-OH is 1. The lowest BCUT2D eigenvalue weighted by Crippen LogP contribution is -2.26. The first-order chi connectivity index (χ1) is 10.8. The second kappa shape index (κ2) is 5.51. The topological polar surface area (TPSA) is 32.7 Å². The molecule has 1 aliphatic carbocycles. The fraction of sp³-hybridized carbons (Fsp3) is 0.368. The molecule has 0 radical (unpaired) electrons. The van der Waals surface area contributed by atoms with E-state index in [-0.39, 0.29) is 24.2 Å². The maximum atomic E-state index is 9.95. The predicted octanol–water partition coefficient (Wildman–Crippen LogP) is 3.32. The van der Waals surface area contributed by atoms with Gasteiger partial charge in [0.25, 0.3) is 0 Å². The molecule has 1 N–H and O–H groups in total. The van der Waals surface area contributed by atoms with Crippen LogP contribution in [-0.4, -0.2) is 22.4 Å². The van der Waals surface area contributed by atoms with Crippen molar-refractivity contribution in [1.29, 1.82) is 0 Å². The number of aliphatic hydroxyl groups is 1. The van der Waals surface area contributed by atoms with Crippen molar-refractivity contribution < 1.29 is 9.94 Å². The average Bonchev–Trinajstić information content (AvgIpc) is 3.26. The molecule has 2 fully saturated rings. The second-order valence-corrected chi connectivity index (χ2v) is 6.36. The van der Waals surface area contributed by atoms with E-state index in [2.05, 4.69) is 53.6 Å². The first kappa shape index (κ1) is 13.9. The summed E-state index contributed by atoms with van der Waals surface area (Å²) in [6.07, 6.45) is 2.10. The third kappa shape index (κ3) is 2.35. The van der Waals surface area contributed by atoms with Crippen LogP contribution >= 0.6 is 0 Å². The van der Waals surface area contributed by atoms with Crippen LogP contribution in [0.25, 0.3) is 0 Å². The summed E-state index contributed by atoms with van der Waals surface area (Å²) in [6, 6.07) is 20.9. The molecule has 1 saturated carbocycles. The predicted molar refractivity (Wildman–Crippen MR) is 84.8 cm³/mol. The zero-order valence-corrected chi connectivity index (χ0v) is 12.6. The van der Waals surface area contributed by atoms with Crippen molar-refractivity contribution >= 4 is 0 Å². The molecule has 22 heavy (non-hydrogen) atoms. The Labute approximate surface area is 131 Å². The minimum absolute atomic E-state index is 0.119. The molecule has 2 aromatic carbocycles. The molecule has 0 unspecified atom stereocenters. The molecular formula is C19H21NO2. The van der Waals surface area contributed by atoms with Gasteiger partial charge in [-0.2, -0.15) is 5.06 Å². The van der Waals surface area contributed by atoms with Gasteiger partial charge in [-0.15, -0.1) is 0 Å². The Hall–Kier alpha value is -1.68. The van der Waals surface area contributed by atoms with Gasteiger partial charge in [0.15, 0.2) is 0 Å². The van der Waals surface area contributed by atoms with Crippen molar-refractivity contribution in [2.75, 3.05) is 6.61 Å². The zero-order chi connectivity index (χ0) is 15.0. The van der Waals surface area contributed by atoms with Gasteiger partial charge in [0.05, 0.1) is 18.2 Å². The van der Waals surface area contributed by atoms with Crippen LogP contribution in [0.4, 0.5) is 0 Å². The molecule has 1 saturated heterocycles. The number of nitrogens with zero attached hydrogens (tertiary/aromatic N) is 1. The van der Waals surface area contributed by atoms with Gasteiger partial charge in [-0.3, -0.25) is 4.84 Å². The molecule has 2 atom stereocenters. The first-order valence-corrected chi connectivity index (χ1v) is 7.98. The molecule has 4 rings (SSSR count). The van der Waals surface area contributed by atoms with Gasteiger partial charge in [0, 0.05) is 12.5 Å². The number of hydroxylamine groups is 2. The minimum atomic E-state index is -0.135. The SMILES string of the molecule is OC[C@H]1[C@@H](c2ccccc2)N(Cc2ccccc2)OC12CC2. The summed E-state index contributed by atoms with van der Waals surface area (Å²) < 4.78 is 0. The second-order valence-electron chi connectivity index (χ2n) is 6.36. The lowest BCUT2D eigenvalue weighted by Gasteiger charge is -2.25. The zero-order valence-electron chi connectivity index (χ0n) is 12.6. The maximum absolute atomic E-state index is 9.95. The monoisotopic (exact) mass is 295 g/mol. The number of hydrogen-bond acceptors (Lipinski definition) is 3. The smallest absolute Gasteiger partial charge is 0.0971 e. The Morgan fingerprint density at radius 3 is 2.23 bits per heavy atom. The van der Waals surface area contributed by atoms with Crippen molar-refractivity contribution in [2.45, 2.75) is 31.0 Å². The van der Waals surface area contributed by atoms with Crippen LogP contribution in [0.1, 0.15) is 30.0 Å². The van der Waals surface area contributed by atoms with Gasteiger partial charge in [-0.1, -0.05) is 60.7 Å². The van der Waals surface area contributed by atoms with Crippen molar-refractivity contribution in [1.82, 2.24) is 5.06 Å². The summed E-state index contributed by atoms with van der Waals surface area (Å²) >= 11 is 0. The molecular weight excluding hydrogens is 274 g/mol. The first-order valence-electron chi connectivity index (χ1n) is 7.98. The highest BCUT2D eigenvalue weighted by Gasteiger charge is 2.61. The van der Waals surface area contributed by atoms with Crippen LogP contribution in [0.3, 0.4) is 0 Å². The Bertz CT molecular complexity index is 624. The molecule has 0 bridgehead atoms. The molecule has 3 heteroatoms. The molecule has 3 nitrogen and oxygen atoms in total. The molecule has 2 aliphatic rings. The summed E-state index contributed by atoms with van der Waals surface area (Å²) in [5.74, 6) is 0.151. The van der Waals surface area contributed by atoms with E-state index in [0.29, 0.717) is 0 Å². The van der Waals surface area contributed by atoms with Gasteiger partial charge >= 0.3 is 0 Å². The Morgan fingerprint density at radius 2 is 1.64 bits per heavy atom. The average molecular weight is 295 g/mol. The molecule has 0 amide bonds. The van der Waals surface area contributed by atoms with Gasteiger partial charge in [0.2, 0.25) is 0 Å². The van der Waals surface area contributed by atoms with E-state index in [1.807, 2.05) is 12.1 Å². The molecule has 114 valence electrons. The lowest BCUT2D eigenvalue weighted by molar-refractivity contribution is -0.181. The van der Waals surface area contributed by atoms with Crippen LogP contribution in [0.15, 0.2) is 60.7 Å². The quantitative estimate of drug-likeness (QED) is 0.939. The van der Waals surface area contributed by atoms with Gasteiger partial charge in [-0.25, -0.2) is 0 Å². The van der Waals surface area contributed by atoms with E-state index in [0.717, 1.165) is 19.4 Å². The summed E-state index contributed by atoms with van der Waals surface area (Å²) in [4.78, 5) is 6.31. The van der Waals surface area contributed by atoms with Crippen LogP contribution in [0.5, 0.6) is 0 Å². The van der Waals surface area contributed by atoms with Crippen LogP contribution in [0, 0.1) is 5.92 Å². The molecule has 2 aromatic rings.